The largest absolute Gasteiger partial charge is 0.380 e. The molecule has 3 rings (SSSR count). The monoisotopic (exact) mass is 270 g/mol. The molecule has 0 aliphatic heterocycles. The van der Waals surface area contributed by atoms with Crippen molar-refractivity contribution in [1.29, 1.82) is 0 Å². The van der Waals surface area contributed by atoms with Gasteiger partial charge in [0.15, 0.2) is 0 Å². The molecule has 2 heterocycles. The summed E-state index contributed by atoms with van der Waals surface area (Å²) in [6, 6.07) is 8.30. The molecule has 1 aromatic carbocycles. The van der Waals surface area contributed by atoms with Crippen LogP contribution in [0, 0.1) is 6.92 Å². The average Bonchev–Trinajstić information content (AvgIpc) is 3.08. The molecule has 0 saturated heterocycles. The van der Waals surface area contributed by atoms with Crippen LogP contribution in [0.25, 0.3) is 11.3 Å². The molecule has 0 unspecified atom stereocenters. The Morgan fingerprint density at radius 1 is 1.21 bits per heavy atom. The van der Waals surface area contributed by atoms with E-state index < -0.39 is 0 Å². The van der Waals surface area contributed by atoms with Crippen LogP contribution >= 0.6 is 11.3 Å². The van der Waals surface area contributed by atoms with Crippen LogP contribution in [0.3, 0.4) is 0 Å². The molecule has 0 saturated carbocycles. The number of aromatic amines is 1. The number of hydrogen-bond donors (Lipinski definition) is 2. The van der Waals surface area contributed by atoms with Crippen molar-refractivity contribution >= 4 is 17.0 Å². The highest BCUT2D eigenvalue weighted by Gasteiger charge is 2.00. The van der Waals surface area contributed by atoms with Gasteiger partial charge < -0.3 is 10.3 Å². The summed E-state index contributed by atoms with van der Waals surface area (Å²) in [5.41, 5.74) is 3.27. The number of aromatic nitrogens is 3. The normalized spacial score (nSPS) is 10.6. The molecule has 96 valence electrons. The van der Waals surface area contributed by atoms with Crippen LogP contribution in [0.5, 0.6) is 0 Å². The van der Waals surface area contributed by atoms with Crippen molar-refractivity contribution < 1.29 is 0 Å². The van der Waals surface area contributed by atoms with Gasteiger partial charge in [0.05, 0.1) is 29.8 Å². The maximum Gasteiger partial charge on any atom is 0.0924 e. The van der Waals surface area contributed by atoms with Gasteiger partial charge in [-0.2, -0.15) is 0 Å². The number of H-pyrrole nitrogens is 1. The fourth-order valence-corrected chi connectivity index (χ4v) is 2.59. The van der Waals surface area contributed by atoms with Crippen LogP contribution in [-0.2, 0) is 6.54 Å². The van der Waals surface area contributed by atoms with E-state index >= 15 is 0 Å². The number of aryl methyl sites for hydroxylation is 1. The third kappa shape index (κ3) is 2.82. The molecule has 0 bridgehead atoms. The number of rotatable bonds is 4. The molecule has 19 heavy (non-hydrogen) atoms. The van der Waals surface area contributed by atoms with E-state index in [1.54, 1.807) is 17.7 Å². The number of nitrogens with one attached hydrogen (secondary N) is 2. The van der Waals surface area contributed by atoms with E-state index in [0.29, 0.717) is 0 Å². The van der Waals surface area contributed by atoms with Crippen molar-refractivity contribution in [3.63, 3.8) is 0 Å². The maximum absolute atomic E-state index is 4.24. The summed E-state index contributed by atoms with van der Waals surface area (Å²) in [6.45, 7) is 2.84. The van der Waals surface area contributed by atoms with Crippen LogP contribution in [0.15, 0.2) is 43.0 Å². The number of thiazole rings is 1. The zero-order chi connectivity index (χ0) is 13.1. The minimum Gasteiger partial charge on any atom is -0.380 e. The van der Waals surface area contributed by atoms with Crippen molar-refractivity contribution in [2.24, 2.45) is 0 Å². The molecule has 2 aromatic heterocycles. The Labute approximate surface area is 115 Å². The van der Waals surface area contributed by atoms with E-state index in [1.165, 1.54) is 4.88 Å². The lowest BCUT2D eigenvalue weighted by Gasteiger charge is -2.05. The Kier molecular flexibility index (Phi) is 3.29. The summed E-state index contributed by atoms with van der Waals surface area (Å²) in [5, 5.41) is 4.49. The minimum atomic E-state index is 0.814. The van der Waals surface area contributed by atoms with Crippen molar-refractivity contribution in [2.45, 2.75) is 13.5 Å². The molecule has 3 aromatic rings. The molecule has 0 fully saturated rings. The lowest BCUT2D eigenvalue weighted by atomic mass is 10.1. The van der Waals surface area contributed by atoms with Crippen LogP contribution in [0.2, 0.25) is 0 Å². The number of imidazole rings is 1. The van der Waals surface area contributed by atoms with Gasteiger partial charge in [-0.3, -0.25) is 0 Å². The van der Waals surface area contributed by atoms with Gasteiger partial charge in [0.1, 0.15) is 0 Å². The van der Waals surface area contributed by atoms with Crippen LogP contribution in [-0.4, -0.2) is 15.0 Å². The van der Waals surface area contributed by atoms with Crippen molar-refractivity contribution in [3.8, 4) is 11.3 Å². The van der Waals surface area contributed by atoms with Gasteiger partial charge in [-0.15, -0.1) is 11.3 Å². The Morgan fingerprint density at radius 2 is 2.05 bits per heavy atom. The van der Waals surface area contributed by atoms with Crippen molar-refractivity contribution in [3.05, 3.63) is 52.9 Å². The van der Waals surface area contributed by atoms with Crippen LogP contribution < -0.4 is 5.32 Å². The lowest BCUT2D eigenvalue weighted by Crippen LogP contribution is -1.96. The second-order valence-electron chi connectivity index (χ2n) is 4.24. The summed E-state index contributed by atoms with van der Waals surface area (Å²) in [5.74, 6) is 0. The first kappa shape index (κ1) is 11.9. The van der Waals surface area contributed by atoms with Gasteiger partial charge >= 0.3 is 0 Å². The highest BCUT2D eigenvalue weighted by molar-refractivity contribution is 7.11. The summed E-state index contributed by atoms with van der Waals surface area (Å²) in [4.78, 5) is 12.6. The highest BCUT2D eigenvalue weighted by atomic mass is 32.1. The lowest BCUT2D eigenvalue weighted by molar-refractivity contribution is 1.17. The number of hydrogen-bond acceptors (Lipinski definition) is 4. The zero-order valence-electron chi connectivity index (χ0n) is 10.6. The Morgan fingerprint density at radius 3 is 2.68 bits per heavy atom. The third-order valence-corrected chi connectivity index (χ3v) is 3.74. The highest BCUT2D eigenvalue weighted by Crippen LogP contribution is 2.20. The predicted octanol–water partition coefficient (Wildman–Crippen LogP) is 3.45. The van der Waals surface area contributed by atoms with E-state index in [0.717, 1.165) is 28.5 Å². The standard InChI is InChI=1S/C14H14N4S/c1-10-16-6-13(19-10)7-17-12-4-2-11(3-5-12)14-8-15-9-18-14/h2-6,8-9,17H,7H2,1H3,(H,15,18). The van der Waals surface area contributed by atoms with E-state index in [2.05, 4.69) is 44.5 Å². The first-order valence-corrected chi connectivity index (χ1v) is 6.87. The van der Waals surface area contributed by atoms with Gasteiger partial charge in [-0.25, -0.2) is 9.97 Å². The maximum atomic E-state index is 4.24. The minimum absolute atomic E-state index is 0.814. The molecular formula is C14H14N4S. The van der Waals surface area contributed by atoms with Gasteiger partial charge in [-0.05, 0) is 24.6 Å². The number of nitrogens with zero attached hydrogens (tertiary/aromatic N) is 2. The first-order chi connectivity index (χ1) is 9.31. The van der Waals surface area contributed by atoms with Crippen LogP contribution in [0.1, 0.15) is 9.88 Å². The molecule has 0 spiro atoms. The average molecular weight is 270 g/mol. The molecule has 4 nitrogen and oxygen atoms in total. The Hall–Kier alpha value is -2.14. The van der Waals surface area contributed by atoms with Crippen LogP contribution in [0.4, 0.5) is 5.69 Å². The van der Waals surface area contributed by atoms with Crippen molar-refractivity contribution in [2.75, 3.05) is 5.32 Å². The molecular weight excluding hydrogens is 256 g/mol. The molecule has 0 aliphatic carbocycles. The first-order valence-electron chi connectivity index (χ1n) is 6.05. The topological polar surface area (TPSA) is 53.6 Å². The molecule has 0 aliphatic rings. The van der Waals surface area contributed by atoms with E-state index in [4.69, 9.17) is 0 Å². The predicted molar refractivity (Wildman–Crippen MR) is 78.2 cm³/mol. The van der Waals surface area contributed by atoms with Gasteiger partial charge in [0.25, 0.3) is 0 Å². The van der Waals surface area contributed by atoms with E-state index in [-0.39, 0.29) is 0 Å². The Balaban J connectivity index is 1.66. The smallest absolute Gasteiger partial charge is 0.0924 e. The number of benzene rings is 1. The molecule has 0 atom stereocenters. The quantitative estimate of drug-likeness (QED) is 0.763. The zero-order valence-corrected chi connectivity index (χ0v) is 11.4. The van der Waals surface area contributed by atoms with Gasteiger partial charge in [0.2, 0.25) is 0 Å². The summed E-state index contributed by atoms with van der Waals surface area (Å²) in [7, 11) is 0. The molecule has 5 heteroatoms. The van der Waals surface area contributed by atoms with E-state index in [9.17, 15) is 0 Å². The molecule has 0 amide bonds. The summed E-state index contributed by atoms with van der Waals surface area (Å²) < 4.78 is 0. The summed E-state index contributed by atoms with van der Waals surface area (Å²) in [6.07, 6.45) is 5.43. The van der Waals surface area contributed by atoms with Crippen molar-refractivity contribution in [1.82, 2.24) is 15.0 Å². The fourth-order valence-electron chi connectivity index (χ4n) is 1.86. The molecule has 2 N–H and O–H groups in total. The van der Waals surface area contributed by atoms with Gasteiger partial charge in [-0.1, -0.05) is 12.1 Å². The second kappa shape index (κ2) is 5.24. The third-order valence-electron chi connectivity index (χ3n) is 2.83. The molecule has 0 radical (unpaired) electrons. The number of anilines is 1. The summed E-state index contributed by atoms with van der Waals surface area (Å²) >= 11 is 1.72. The Bertz CT molecular complexity index is 640. The fraction of sp³-hybridized carbons (Fsp3) is 0.143. The van der Waals surface area contributed by atoms with Gasteiger partial charge in [0, 0.05) is 16.8 Å². The SMILES string of the molecule is Cc1ncc(CNc2ccc(-c3cnc[nH]3)cc2)s1. The second-order valence-corrected chi connectivity index (χ2v) is 5.56. The van der Waals surface area contributed by atoms with E-state index in [1.807, 2.05) is 19.3 Å².